The van der Waals surface area contributed by atoms with Gasteiger partial charge in [-0.05, 0) is 30.9 Å². The normalized spacial score (nSPS) is 22.5. The third-order valence-electron chi connectivity index (χ3n) is 4.30. The lowest BCUT2D eigenvalue weighted by molar-refractivity contribution is 0.0338. The van der Waals surface area contributed by atoms with Crippen LogP contribution in [0.1, 0.15) is 24.4 Å². The fraction of sp³-hybridized carbons (Fsp3) is 0.400. The highest BCUT2D eigenvalue weighted by molar-refractivity contribution is 5.46. The van der Waals surface area contributed by atoms with E-state index in [2.05, 4.69) is 20.6 Å². The van der Waals surface area contributed by atoms with Crippen molar-refractivity contribution in [2.24, 2.45) is 13.0 Å². The first kappa shape index (κ1) is 13.3. The highest BCUT2D eigenvalue weighted by Gasteiger charge is 2.36. The van der Waals surface area contributed by atoms with Gasteiger partial charge in [-0.15, -0.1) is 10.2 Å². The Morgan fingerprint density at radius 1 is 1.32 bits per heavy atom. The second-order valence-corrected chi connectivity index (χ2v) is 5.91. The lowest BCUT2D eigenvalue weighted by Crippen LogP contribution is -2.36. The maximum absolute atomic E-state index is 9.64. The third kappa shape index (κ3) is 2.23. The molecule has 0 aliphatic heterocycles. The lowest BCUT2D eigenvalue weighted by Gasteiger charge is -2.37. The average Bonchev–Trinajstić information content (AvgIpc) is 3.08. The van der Waals surface area contributed by atoms with Crippen molar-refractivity contribution >= 4 is 11.6 Å². The third-order valence-corrected chi connectivity index (χ3v) is 4.30. The van der Waals surface area contributed by atoms with Crippen LogP contribution in [0, 0.1) is 5.92 Å². The first-order valence-corrected chi connectivity index (χ1v) is 7.43. The van der Waals surface area contributed by atoms with Gasteiger partial charge in [0.2, 0.25) is 5.95 Å². The van der Waals surface area contributed by atoms with E-state index in [1.54, 1.807) is 4.68 Å². The highest BCUT2D eigenvalue weighted by Crippen LogP contribution is 2.39. The quantitative estimate of drug-likeness (QED) is 0.761. The number of hydrogen-bond acceptors (Lipinski definition) is 5. The Balaban J connectivity index is 1.66. The maximum Gasteiger partial charge on any atom is 0.229 e. The molecule has 0 radical (unpaired) electrons. The fourth-order valence-electron chi connectivity index (χ4n) is 3.06. The molecule has 1 unspecified atom stereocenters. The van der Waals surface area contributed by atoms with E-state index in [1.165, 1.54) is 0 Å². The van der Waals surface area contributed by atoms with Crippen LogP contribution in [0.15, 0.2) is 36.8 Å². The molecular weight excluding hydrogens is 280 g/mol. The Morgan fingerprint density at radius 3 is 2.91 bits per heavy atom. The summed E-state index contributed by atoms with van der Waals surface area (Å²) in [5, 5.41) is 25.8. The first-order chi connectivity index (χ1) is 10.7. The molecule has 0 amide bonds. The fourth-order valence-corrected chi connectivity index (χ4v) is 3.06. The second kappa shape index (κ2) is 5.10. The van der Waals surface area contributed by atoms with Gasteiger partial charge in [0.1, 0.15) is 0 Å². The number of nitrogens with zero attached hydrogens (tertiary/aromatic N) is 5. The van der Waals surface area contributed by atoms with E-state index in [1.807, 2.05) is 48.2 Å². The molecule has 0 saturated heterocycles. The van der Waals surface area contributed by atoms with Crippen molar-refractivity contribution in [3.8, 4) is 0 Å². The van der Waals surface area contributed by atoms with Crippen molar-refractivity contribution in [1.29, 1.82) is 0 Å². The van der Waals surface area contributed by atoms with Crippen molar-refractivity contribution in [2.75, 3.05) is 5.32 Å². The molecule has 1 atom stereocenters. The van der Waals surface area contributed by atoms with E-state index in [9.17, 15) is 5.11 Å². The zero-order chi connectivity index (χ0) is 15.1. The summed E-state index contributed by atoms with van der Waals surface area (Å²) in [6, 6.07) is 5.89. The summed E-state index contributed by atoms with van der Waals surface area (Å²) >= 11 is 0. The Morgan fingerprint density at radius 2 is 2.18 bits per heavy atom. The molecule has 2 N–H and O–H groups in total. The Hall–Kier alpha value is -2.41. The van der Waals surface area contributed by atoms with E-state index in [-0.39, 0.29) is 12.1 Å². The molecule has 3 aromatic rings. The van der Waals surface area contributed by atoms with Gasteiger partial charge in [0, 0.05) is 25.0 Å². The molecule has 1 aliphatic carbocycles. The van der Waals surface area contributed by atoms with Crippen molar-refractivity contribution in [1.82, 2.24) is 24.4 Å². The summed E-state index contributed by atoms with van der Waals surface area (Å²) in [7, 11) is 1.91. The number of anilines is 1. The van der Waals surface area contributed by atoms with Crippen LogP contribution in [0.3, 0.4) is 0 Å². The standard InChI is InChI=1S/C15H18N6O/c1-20-9-11(8-16-20)14(10-6-12(22)7-10)17-15-19-18-13-4-2-3-5-21(13)15/h2-5,8-10,12,14,22H,6-7H2,1H3,(H,17,19). The Bertz CT molecular complexity index is 788. The van der Waals surface area contributed by atoms with Gasteiger partial charge in [-0.3, -0.25) is 9.08 Å². The number of aromatic nitrogens is 5. The van der Waals surface area contributed by atoms with E-state index >= 15 is 0 Å². The summed E-state index contributed by atoms with van der Waals surface area (Å²) < 4.78 is 3.72. The van der Waals surface area contributed by atoms with Gasteiger partial charge in [0.05, 0.1) is 18.3 Å². The number of aliphatic hydroxyl groups is 1. The lowest BCUT2D eigenvalue weighted by atomic mass is 9.75. The number of nitrogens with one attached hydrogen (secondary N) is 1. The van der Waals surface area contributed by atoms with Crippen molar-refractivity contribution in [2.45, 2.75) is 25.0 Å². The smallest absolute Gasteiger partial charge is 0.229 e. The van der Waals surface area contributed by atoms with Crippen LogP contribution in [0.25, 0.3) is 5.65 Å². The van der Waals surface area contributed by atoms with E-state index in [4.69, 9.17) is 0 Å². The Labute approximate surface area is 127 Å². The van der Waals surface area contributed by atoms with Crippen LogP contribution < -0.4 is 5.32 Å². The Kier molecular flexibility index (Phi) is 3.07. The van der Waals surface area contributed by atoms with E-state index < -0.39 is 0 Å². The SMILES string of the molecule is Cn1cc(C(Nc2nnc3ccccn23)C2CC(O)C2)cn1. The molecule has 0 aromatic carbocycles. The summed E-state index contributed by atoms with van der Waals surface area (Å²) in [6.07, 6.45) is 7.21. The second-order valence-electron chi connectivity index (χ2n) is 5.91. The molecule has 4 rings (SSSR count). The monoisotopic (exact) mass is 298 g/mol. The summed E-state index contributed by atoms with van der Waals surface area (Å²) in [4.78, 5) is 0. The van der Waals surface area contributed by atoms with Crippen molar-refractivity contribution in [3.63, 3.8) is 0 Å². The number of aryl methyl sites for hydroxylation is 1. The minimum atomic E-state index is -0.193. The van der Waals surface area contributed by atoms with Gasteiger partial charge in [0.15, 0.2) is 5.65 Å². The van der Waals surface area contributed by atoms with Crippen LogP contribution in [-0.4, -0.2) is 35.6 Å². The van der Waals surface area contributed by atoms with Gasteiger partial charge < -0.3 is 10.4 Å². The molecule has 0 spiro atoms. The molecule has 7 heteroatoms. The predicted molar refractivity (Wildman–Crippen MR) is 81.3 cm³/mol. The average molecular weight is 298 g/mol. The summed E-state index contributed by atoms with van der Waals surface area (Å²) in [5.74, 6) is 1.08. The molecule has 7 nitrogen and oxygen atoms in total. The van der Waals surface area contributed by atoms with E-state index in [0.29, 0.717) is 11.9 Å². The van der Waals surface area contributed by atoms with Gasteiger partial charge >= 0.3 is 0 Å². The van der Waals surface area contributed by atoms with Crippen molar-refractivity contribution < 1.29 is 5.11 Å². The van der Waals surface area contributed by atoms with Crippen molar-refractivity contribution in [3.05, 3.63) is 42.4 Å². The minimum absolute atomic E-state index is 0.0738. The molecule has 114 valence electrons. The maximum atomic E-state index is 9.64. The molecule has 0 bridgehead atoms. The van der Waals surface area contributed by atoms with Gasteiger partial charge in [-0.2, -0.15) is 5.10 Å². The van der Waals surface area contributed by atoms with E-state index in [0.717, 1.165) is 24.1 Å². The summed E-state index contributed by atoms with van der Waals surface area (Å²) in [6.45, 7) is 0. The zero-order valence-corrected chi connectivity index (χ0v) is 12.3. The molecule has 22 heavy (non-hydrogen) atoms. The van der Waals surface area contributed by atoms with Gasteiger partial charge in [0.25, 0.3) is 0 Å². The van der Waals surface area contributed by atoms with Gasteiger partial charge in [-0.25, -0.2) is 0 Å². The van der Waals surface area contributed by atoms with Crippen LogP contribution in [0.2, 0.25) is 0 Å². The van der Waals surface area contributed by atoms with Gasteiger partial charge in [-0.1, -0.05) is 6.07 Å². The predicted octanol–water partition coefficient (Wildman–Crippen LogP) is 1.39. The molecule has 1 fully saturated rings. The highest BCUT2D eigenvalue weighted by atomic mass is 16.3. The summed E-state index contributed by atoms with van der Waals surface area (Å²) in [5.41, 5.74) is 1.91. The van der Waals surface area contributed by atoms with Crippen LogP contribution >= 0.6 is 0 Å². The zero-order valence-electron chi connectivity index (χ0n) is 12.3. The molecular formula is C15H18N6O. The minimum Gasteiger partial charge on any atom is -0.393 e. The largest absolute Gasteiger partial charge is 0.393 e. The molecule has 3 heterocycles. The molecule has 1 saturated carbocycles. The topological polar surface area (TPSA) is 80.3 Å². The molecule has 3 aromatic heterocycles. The number of fused-ring (bicyclic) bond motifs is 1. The number of aliphatic hydroxyl groups excluding tert-OH is 1. The van der Waals surface area contributed by atoms with Crippen LogP contribution in [-0.2, 0) is 7.05 Å². The number of rotatable bonds is 4. The number of pyridine rings is 1. The van der Waals surface area contributed by atoms with Crippen LogP contribution in [0.5, 0.6) is 0 Å². The molecule has 1 aliphatic rings. The van der Waals surface area contributed by atoms with Crippen LogP contribution in [0.4, 0.5) is 5.95 Å². The number of hydrogen-bond donors (Lipinski definition) is 2. The first-order valence-electron chi connectivity index (χ1n) is 7.43.